The summed E-state index contributed by atoms with van der Waals surface area (Å²) in [5.74, 6) is -0.588. The maximum atomic E-state index is 12.4. The smallest absolute Gasteiger partial charge is 0.344 e. The van der Waals surface area contributed by atoms with Gasteiger partial charge in [0.1, 0.15) is 11.3 Å². The van der Waals surface area contributed by atoms with E-state index in [-0.39, 0.29) is 12.4 Å². The fourth-order valence-electron chi connectivity index (χ4n) is 2.69. The molecule has 3 aromatic rings. The molecule has 1 heterocycles. The highest BCUT2D eigenvalue weighted by Crippen LogP contribution is 2.19. The molecule has 28 heavy (non-hydrogen) atoms. The number of Topliss-reactive ketones (excluding diaryl/α,β-unsaturated/α-hetero) is 1. The van der Waals surface area contributed by atoms with E-state index in [9.17, 15) is 14.4 Å². The van der Waals surface area contributed by atoms with E-state index < -0.39 is 17.7 Å². The maximum absolute atomic E-state index is 12.4. The van der Waals surface area contributed by atoms with Gasteiger partial charge in [-0.1, -0.05) is 12.1 Å². The van der Waals surface area contributed by atoms with E-state index >= 15 is 0 Å². The quantitative estimate of drug-likeness (QED) is 0.369. The first-order valence-corrected chi connectivity index (χ1v) is 8.81. The summed E-state index contributed by atoms with van der Waals surface area (Å²) in [6.07, 6.45) is -0.923. The molecular formula is C22H20O6. The molecule has 144 valence electrons. The summed E-state index contributed by atoms with van der Waals surface area (Å²) < 4.78 is 15.6. The average Bonchev–Trinajstić information content (AvgIpc) is 2.67. The molecule has 0 N–H and O–H groups in total. The van der Waals surface area contributed by atoms with Gasteiger partial charge in [0.15, 0.2) is 12.7 Å². The highest BCUT2D eigenvalue weighted by Gasteiger charge is 2.20. The number of carbonyl (C=O) groups is 2. The summed E-state index contributed by atoms with van der Waals surface area (Å²) in [6.45, 7) is 5.04. The highest BCUT2D eigenvalue weighted by atomic mass is 16.6. The third-order valence-corrected chi connectivity index (χ3v) is 4.42. The van der Waals surface area contributed by atoms with E-state index in [0.29, 0.717) is 16.9 Å². The Labute approximate surface area is 161 Å². The van der Waals surface area contributed by atoms with Crippen molar-refractivity contribution < 1.29 is 23.5 Å². The summed E-state index contributed by atoms with van der Waals surface area (Å²) in [5.41, 5.74) is 2.46. The Hall–Kier alpha value is -3.41. The largest absolute Gasteiger partial charge is 0.482 e. The van der Waals surface area contributed by atoms with Crippen LogP contribution in [0.2, 0.25) is 0 Å². The van der Waals surface area contributed by atoms with Crippen LogP contribution in [-0.4, -0.2) is 24.5 Å². The SMILES string of the molecule is Cc1ccc(C(=O)C(C)OC(=O)COc2ccc3ccc(=O)oc3c2)cc1C. The van der Waals surface area contributed by atoms with Crippen LogP contribution >= 0.6 is 0 Å². The van der Waals surface area contributed by atoms with Crippen molar-refractivity contribution in [2.75, 3.05) is 6.61 Å². The van der Waals surface area contributed by atoms with E-state index in [1.54, 1.807) is 30.3 Å². The Bertz CT molecular complexity index is 1100. The number of ether oxygens (including phenoxy) is 2. The van der Waals surface area contributed by atoms with Crippen molar-refractivity contribution in [3.63, 3.8) is 0 Å². The van der Waals surface area contributed by atoms with Gasteiger partial charge >= 0.3 is 11.6 Å². The van der Waals surface area contributed by atoms with Crippen molar-refractivity contribution in [3.8, 4) is 5.75 Å². The number of rotatable bonds is 6. The van der Waals surface area contributed by atoms with Gasteiger partial charge in [0.2, 0.25) is 5.78 Å². The maximum Gasteiger partial charge on any atom is 0.344 e. The summed E-state index contributed by atoms with van der Waals surface area (Å²) in [4.78, 5) is 35.8. The lowest BCUT2D eigenvalue weighted by molar-refractivity contribution is -0.148. The van der Waals surface area contributed by atoms with E-state index in [1.165, 1.54) is 19.1 Å². The number of fused-ring (bicyclic) bond motifs is 1. The number of ketones is 1. The number of carbonyl (C=O) groups excluding carboxylic acids is 2. The van der Waals surface area contributed by atoms with Crippen LogP contribution in [0, 0.1) is 13.8 Å². The number of hydrogen-bond acceptors (Lipinski definition) is 6. The lowest BCUT2D eigenvalue weighted by Gasteiger charge is -2.13. The second-order valence-corrected chi connectivity index (χ2v) is 6.54. The van der Waals surface area contributed by atoms with E-state index in [4.69, 9.17) is 13.9 Å². The number of esters is 1. The van der Waals surface area contributed by atoms with Crippen molar-refractivity contribution in [2.45, 2.75) is 26.9 Å². The van der Waals surface area contributed by atoms with Gasteiger partial charge in [-0.05, 0) is 56.2 Å². The zero-order valence-corrected chi connectivity index (χ0v) is 15.9. The van der Waals surface area contributed by atoms with Gasteiger partial charge in [0.25, 0.3) is 0 Å². The Balaban J connectivity index is 1.59. The number of aryl methyl sites for hydroxylation is 2. The van der Waals surface area contributed by atoms with Crippen LogP contribution in [0.25, 0.3) is 11.0 Å². The fraction of sp³-hybridized carbons (Fsp3) is 0.227. The topological polar surface area (TPSA) is 82.8 Å². The molecule has 0 amide bonds. The average molecular weight is 380 g/mol. The van der Waals surface area contributed by atoms with Crippen LogP contribution in [0.5, 0.6) is 5.75 Å². The molecule has 0 saturated carbocycles. The first kappa shape index (κ1) is 19.4. The van der Waals surface area contributed by atoms with Gasteiger partial charge in [-0.25, -0.2) is 9.59 Å². The lowest BCUT2D eigenvalue weighted by Crippen LogP contribution is -2.27. The molecule has 1 unspecified atom stereocenters. The summed E-state index contributed by atoms with van der Waals surface area (Å²) in [6, 6.07) is 13.2. The predicted molar refractivity (Wildman–Crippen MR) is 104 cm³/mol. The summed E-state index contributed by atoms with van der Waals surface area (Å²) >= 11 is 0. The normalized spacial score (nSPS) is 11.8. The van der Waals surface area contributed by atoms with Crippen LogP contribution in [0.1, 0.15) is 28.4 Å². The molecule has 1 atom stereocenters. The molecule has 1 aromatic heterocycles. The third-order valence-electron chi connectivity index (χ3n) is 4.42. The Morgan fingerprint density at radius 2 is 1.75 bits per heavy atom. The van der Waals surface area contributed by atoms with Gasteiger partial charge in [-0.2, -0.15) is 0 Å². The second-order valence-electron chi connectivity index (χ2n) is 6.54. The molecule has 0 aliphatic carbocycles. The van der Waals surface area contributed by atoms with Crippen LogP contribution in [0.15, 0.2) is 57.7 Å². The molecule has 0 bridgehead atoms. The van der Waals surface area contributed by atoms with Gasteiger partial charge in [-0.15, -0.1) is 0 Å². The van der Waals surface area contributed by atoms with Crippen molar-refractivity contribution in [3.05, 3.63) is 75.6 Å². The number of benzene rings is 2. The van der Waals surface area contributed by atoms with Crippen LogP contribution in [0.4, 0.5) is 0 Å². The minimum Gasteiger partial charge on any atom is -0.482 e. The van der Waals surface area contributed by atoms with Crippen LogP contribution in [0.3, 0.4) is 0 Å². The predicted octanol–water partition coefficient (Wildman–Crippen LogP) is 3.60. The monoisotopic (exact) mass is 380 g/mol. The Kier molecular flexibility index (Phi) is 5.59. The van der Waals surface area contributed by atoms with Gasteiger partial charge in [0.05, 0.1) is 0 Å². The van der Waals surface area contributed by atoms with Crippen molar-refractivity contribution in [2.24, 2.45) is 0 Å². The first-order chi connectivity index (χ1) is 13.3. The molecule has 0 spiro atoms. The minimum absolute atomic E-state index is 0.274. The van der Waals surface area contributed by atoms with Gasteiger partial charge in [0, 0.05) is 23.1 Å². The van der Waals surface area contributed by atoms with E-state index in [2.05, 4.69) is 0 Å². The number of hydrogen-bond donors (Lipinski definition) is 0. The molecule has 3 rings (SSSR count). The zero-order valence-electron chi connectivity index (χ0n) is 15.9. The molecule has 2 aromatic carbocycles. The van der Waals surface area contributed by atoms with Crippen LogP contribution < -0.4 is 10.4 Å². The molecule has 6 nitrogen and oxygen atoms in total. The third kappa shape index (κ3) is 4.46. The van der Waals surface area contributed by atoms with Crippen molar-refractivity contribution in [1.29, 1.82) is 0 Å². The van der Waals surface area contributed by atoms with Crippen molar-refractivity contribution in [1.82, 2.24) is 0 Å². The lowest BCUT2D eigenvalue weighted by atomic mass is 10.0. The van der Waals surface area contributed by atoms with E-state index in [1.807, 2.05) is 19.9 Å². The van der Waals surface area contributed by atoms with Crippen LogP contribution in [-0.2, 0) is 9.53 Å². The Morgan fingerprint density at radius 1 is 1.00 bits per heavy atom. The molecule has 0 fully saturated rings. The minimum atomic E-state index is -0.923. The molecule has 0 radical (unpaired) electrons. The molecule has 0 saturated heterocycles. The van der Waals surface area contributed by atoms with E-state index in [0.717, 1.165) is 16.5 Å². The Morgan fingerprint density at radius 3 is 2.50 bits per heavy atom. The van der Waals surface area contributed by atoms with Gasteiger partial charge in [-0.3, -0.25) is 4.79 Å². The highest BCUT2D eigenvalue weighted by molar-refractivity contribution is 6.00. The summed E-state index contributed by atoms with van der Waals surface area (Å²) in [5, 5.41) is 0.738. The molecular weight excluding hydrogens is 360 g/mol. The standard InChI is InChI=1S/C22H20O6/c1-13-4-5-17(10-14(13)2)22(25)15(3)27-21(24)12-26-18-8-6-16-7-9-20(23)28-19(16)11-18/h4-11,15H,12H2,1-3H3. The summed E-state index contributed by atoms with van der Waals surface area (Å²) in [7, 11) is 0. The first-order valence-electron chi connectivity index (χ1n) is 8.81. The second kappa shape index (κ2) is 8.08. The molecule has 0 aliphatic heterocycles. The fourth-order valence-corrected chi connectivity index (χ4v) is 2.69. The van der Waals surface area contributed by atoms with Crippen molar-refractivity contribution >= 4 is 22.7 Å². The molecule has 6 heteroatoms. The zero-order chi connectivity index (χ0) is 20.3. The molecule has 0 aliphatic rings. The van der Waals surface area contributed by atoms with Gasteiger partial charge < -0.3 is 13.9 Å².